The van der Waals surface area contributed by atoms with E-state index in [1.165, 1.54) is 18.2 Å². The third-order valence-corrected chi connectivity index (χ3v) is 3.97. The first kappa shape index (κ1) is 12.3. The molecule has 1 rings (SSSR count). The normalized spacial score (nSPS) is 11.6. The van der Waals surface area contributed by atoms with E-state index >= 15 is 0 Å². The third kappa shape index (κ3) is 3.09. The van der Waals surface area contributed by atoms with Crippen LogP contribution in [-0.4, -0.2) is 25.9 Å². The Hall–Kier alpha value is -0.780. The zero-order valence-corrected chi connectivity index (χ0v) is 9.55. The molecule has 1 aromatic rings. The van der Waals surface area contributed by atoms with Gasteiger partial charge in [-0.1, -0.05) is 11.6 Å². The molecule has 0 aliphatic heterocycles. The zero-order valence-electron chi connectivity index (χ0n) is 7.98. The summed E-state index contributed by atoms with van der Waals surface area (Å²) in [6.45, 7) is -0.167. The summed E-state index contributed by atoms with van der Waals surface area (Å²) in [6.07, 6.45) is 0.189. The summed E-state index contributed by atoms with van der Waals surface area (Å²) in [5.41, 5.74) is 5.73. The van der Waals surface area contributed by atoms with Crippen molar-refractivity contribution in [2.24, 2.45) is 0 Å². The van der Waals surface area contributed by atoms with Gasteiger partial charge in [0.15, 0.2) is 9.84 Å². The van der Waals surface area contributed by atoms with E-state index < -0.39 is 9.84 Å². The maximum Gasteiger partial charge on any atom is 0.180 e. The van der Waals surface area contributed by atoms with Gasteiger partial charge in [-0.25, -0.2) is 8.42 Å². The molecular formula is C9H12ClNO3S. The van der Waals surface area contributed by atoms with Crippen LogP contribution < -0.4 is 5.73 Å². The average molecular weight is 250 g/mol. The third-order valence-electron chi connectivity index (χ3n) is 1.88. The van der Waals surface area contributed by atoms with Crippen LogP contribution in [0.2, 0.25) is 5.02 Å². The van der Waals surface area contributed by atoms with E-state index in [1.54, 1.807) is 0 Å². The maximum atomic E-state index is 11.7. The number of halogens is 1. The van der Waals surface area contributed by atoms with Gasteiger partial charge in [-0.15, -0.1) is 0 Å². The van der Waals surface area contributed by atoms with Crippen LogP contribution in [0.4, 0.5) is 5.69 Å². The number of hydrogen-bond donors (Lipinski definition) is 2. The number of benzene rings is 1. The number of nitrogen functional groups attached to an aromatic ring is 1. The Morgan fingerprint density at radius 1 is 1.40 bits per heavy atom. The summed E-state index contributed by atoms with van der Waals surface area (Å²) < 4.78 is 23.4. The minimum Gasteiger partial charge on any atom is -0.398 e. The Morgan fingerprint density at radius 3 is 2.67 bits per heavy atom. The van der Waals surface area contributed by atoms with Gasteiger partial charge in [-0.05, 0) is 24.6 Å². The lowest BCUT2D eigenvalue weighted by Gasteiger charge is -2.06. The number of rotatable bonds is 4. The number of aliphatic hydroxyl groups is 1. The van der Waals surface area contributed by atoms with Crippen molar-refractivity contribution in [3.63, 3.8) is 0 Å². The number of aliphatic hydroxyl groups excluding tert-OH is 1. The van der Waals surface area contributed by atoms with Crippen molar-refractivity contribution < 1.29 is 13.5 Å². The molecule has 4 nitrogen and oxygen atoms in total. The van der Waals surface area contributed by atoms with Crippen LogP contribution in [0.1, 0.15) is 6.42 Å². The van der Waals surface area contributed by atoms with Gasteiger partial charge in [0.05, 0.1) is 16.3 Å². The van der Waals surface area contributed by atoms with E-state index in [0.29, 0.717) is 5.02 Å². The Morgan fingerprint density at radius 2 is 2.07 bits per heavy atom. The van der Waals surface area contributed by atoms with Crippen molar-refractivity contribution in [2.75, 3.05) is 18.1 Å². The molecule has 6 heteroatoms. The number of nitrogens with two attached hydrogens (primary N) is 1. The molecule has 0 saturated carbocycles. The Balaban J connectivity index is 3.09. The van der Waals surface area contributed by atoms with Gasteiger partial charge in [0.1, 0.15) is 0 Å². The molecule has 0 aromatic heterocycles. The van der Waals surface area contributed by atoms with Crippen molar-refractivity contribution in [3.8, 4) is 0 Å². The smallest absolute Gasteiger partial charge is 0.180 e. The van der Waals surface area contributed by atoms with Crippen molar-refractivity contribution in [1.82, 2.24) is 0 Å². The van der Waals surface area contributed by atoms with Crippen LogP contribution in [0.5, 0.6) is 0 Å². The van der Waals surface area contributed by atoms with E-state index in [1.807, 2.05) is 0 Å². The molecule has 0 fully saturated rings. The first-order chi connectivity index (χ1) is 6.97. The van der Waals surface area contributed by atoms with Gasteiger partial charge in [0.25, 0.3) is 0 Å². The fourth-order valence-corrected chi connectivity index (χ4v) is 2.84. The predicted molar refractivity (Wildman–Crippen MR) is 59.6 cm³/mol. The average Bonchev–Trinajstić information content (AvgIpc) is 2.18. The molecule has 0 spiro atoms. The maximum absolute atomic E-state index is 11.7. The van der Waals surface area contributed by atoms with Gasteiger partial charge in [0.2, 0.25) is 0 Å². The highest BCUT2D eigenvalue weighted by molar-refractivity contribution is 7.91. The highest BCUT2D eigenvalue weighted by Gasteiger charge is 2.17. The van der Waals surface area contributed by atoms with Crippen LogP contribution in [0.3, 0.4) is 0 Å². The minimum absolute atomic E-state index is 0.0310. The molecule has 0 saturated heterocycles. The lowest BCUT2D eigenvalue weighted by Crippen LogP contribution is -2.10. The molecule has 3 N–H and O–H groups in total. The molecule has 0 aliphatic rings. The van der Waals surface area contributed by atoms with Crippen molar-refractivity contribution in [3.05, 3.63) is 23.2 Å². The molecular weight excluding hydrogens is 238 g/mol. The van der Waals surface area contributed by atoms with Crippen LogP contribution in [0, 0.1) is 0 Å². The van der Waals surface area contributed by atoms with Gasteiger partial charge >= 0.3 is 0 Å². The molecule has 0 bridgehead atoms. The lowest BCUT2D eigenvalue weighted by molar-refractivity contribution is 0.295. The zero-order chi connectivity index (χ0) is 11.5. The standard InChI is InChI=1S/C9H12ClNO3S/c10-7-2-3-8(11)9(6-7)15(13,14)5-1-4-12/h2-3,6,12H,1,4-5,11H2. The fourth-order valence-electron chi connectivity index (χ4n) is 1.14. The largest absolute Gasteiger partial charge is 0.398 e. The van der Waals surface area contributed by atoms with E-state index in [0.717, 1.165) is 0 Å². The van der Waals surface area contributed by atoms with Crippen molar-refractivity contribution in [2.45, 2.75) is 11.3 Å². The van der Waals surface area contributed by atoms with Crippen LogP contribution in [0.25, 0.3) is 0 Å². The lowest BCUT2D eigenvalue weighted by atomic mass is 10.3. The molecule has 15 heavy (non-hydrogen) atoms. The van der Waals surface area contributed by atoms with Crippen molar-refractivity contribution in [1.29, 1.82) is 0 Å². The monoisotopic (exact) mass is 249 g/mol. The summed E-state index contributed by atoms with van der Waals surface area (Å²) >= 11 is 5.69. The second-order valence-electron chi connectivity index (χ2n) is 3.08. The molecule has 0 amide bonds. The van der Waals surface area contributed by atoms with E-state index in [4.69, 9.17) is 22.4 Å². The molecule has 0 aliphatic carbocycles. The second kappa shape index (κ2) is 4.83. The van der Waals surface area contributed by atoms with Gasteiger partial charge in [0, 0.05) is 11.6 Å². The quantitative estimate of drug-likeness (QED) is 0.783. The Kier molecular flexibility index (Phi) is 3.96. The summed E-state index contributed by atoms with van der Waals surface area (Å²) in [5.74, 6) is -0.131. The number of sulfone groups is 1. The predicted octanol–water partition coefficient (Wildman–Crippen LogP) is 1.08. The van der Waals surface area contributed by atoms with Crippen LogP contribution in [0.15, 0.2) is 23.1 Å². The molecule has 84 valence electrons. The second-order valence-corrected chi connectivity index (χ2v) is 5.59. The molecule has 0 atom stereocenters. The van der Waals surface area contributed by atoms with Crippen LogP contribution in [-0.2, 0) is 9.84 Å². The van der Waals surface area contributed by atoms with Crippen LogP contribution >= 0.6 is 11.6 Å². The van der Waals surface area contributed by atoms with Gasteiger partial charge in [-0.3, -0.25) is 0 Å². The molecule has 0 heterocycles. The fraction of sp³-hybridized carbons (Fsp3) is 0.333. The first-order valence-electron chi connectivity index (χ1n) is 4.36. The minimum atomic E-state index is -3.45. The van der Waals surface area contributed by atoms with E-state index in [-0.39, 0.29) is 29.4 Å². The molecule has 0 unspecified atom stereocenters. The van der Waals surface area contributed by atoms with Gasteiger partial charge < -0.3 is 10.8 Å². The topological polar surface area (TPSA) is 80.4 Å². The highest BCUT2D eigenvalue weighted by atomic mass is 35.5. The molecule has 0 radical (unpaired) electrons. The summed E-state index contributed by atoms with van der Waals surface area (Å²) in [4.78, 5) is 0.0310. The molecule has 1 aromatic carbocycles. The Labute approximate surface area is 93.6 Å². The van der Waals surface area contributed by atoms with E-state index in [2.05, 4.69) is 0 Å². The summed E-state index contributed by atoms with van der Waals surface area (Å²) in [5, 5.41) is 8.90. The van der Waals surface area contributed by atoms with E-state index in [9.17, 15) is 8.42 Å². The first-order valence-corrected chi connectivity index (χ1v) is 6.39. The number of anilines is 1. The van der Waals surface area contributed by atoms with Gasteiger partial charge in [-0.2, -0.15) is 0 Å². The highest BCUT2D eigenvalue weighted by Crippen LogP contribution is 2.23. The SMILES string of the molecule is Nc1ccc(Cl)cc1S(=O)(=O)CCCO. The number of hydrogen-bond acceptors (Lipinski definition) is 4. The summed E-state index contributed by atoms with van der Waals surface area (Å²) in [7, 11) is -3.45. The van der Waals surface area contributed by atoms with Crippen molar-refractivity contribution >= 4 is 27.1 Å². The summed E-state index contributed by atoms with van der Waals surface area (Å²) in [6, 6.07) is 4.31. The Bertz CT molecular complexity index is 445.